The second-order valence-corrected chi connectivity index (χ2v) is 8.87. The summed E-state index contributed by atoms with van der Waals surface area (Å²) in [6.45, 7) is 0.662. The Labute approximate surface area is 169 Å². The Kier molecular flexibility index (Phi) is 8.62. The molecule has 1 aromatic heterocycles. The number of unbranched alkanes of at least 4 members (excludes halogenated alkanes) is 2. The van der Waals surface area contributed by atoms with Gasteiger partial charge in [-0.15, -0.1) is 11.3 Å². The third kappa shape index (κ3) is 7.06. The lowest BCUT2D eigenvalue weighted by Gasteiger charge is -2.09. The van der Waals surface area contributed by atoms with Crippen molar-refractivity contribution < 1.29 is 22.7 Å². The largest absolute Gasteiger partial charge is 0.469 e. The van der Waals surface area contributed by atoms with E-state index in [0.29, 0.717) is 19.4 Å². The Morgan fingerprint density at radius 1 is 1.11 bits per heavy atom. The van der Waals surface area contributed by atoms with Gasteiger partial charge in [0.25, 0.3) is 5.91 Å². The zero-order valence-electron chi connectivity index (χ0n) is 15.6. The second-order valence-electron chi connectivity index (χ2n) is 6.07. The van der Waals surface area contributed by atoms with Crippen molar-refractivity contribution in [2.45, 2.75) is 37.1 Å². The van der Waals surface area contributed by atoms with Gasteiger partial charge in [-0.05, 0) is 42.5 Å². The maximum absolute atomic E-state index is 12.4. The standard InChI is InChI=1S/C19H24N2O5S2/c1-26-18(22)10-3-2-4-11-20-19(23)15-7-5-9-17(13-15)28(24,25)21-14-16-8-6-12-27-16/h5-9,12-13,21H,2-4,10-11,14H2,1H3,(H,20,23). The van der Waals surface area contributed by atoms with Crippen molar-refractivity contribution in [1.82, 2.24) is 10.0 Å². The maximum Gasteiger partial charge on any atom is 0.305 e. The van der Waals surface area contributed by atoms with Crippen LogP contribution in [0, 0.1) is 0 Å². The van der Waals surface area contributed by atoms with Crippen LogP contribution in [0.2, 0.25) is 0 Å². The molecule has 7 nitrogen and oxygen atoms in total. The fourth-order valence-electron chi connectivity index (χ4n) is 2.44. The van der Waals surface area contributed by atoms with Crippen LogP contribution in [0.15, 0.2) is 46.7 Å². The van der Waals surface area contributed by atoms with Crippen molar-refractivity contribution in [2.75, 3.05) is 13.7 Å². The molecule has 0 aliphatic heterocycles. The van der Waals surface area contributed by atoms with Gasteiger partial charge in [0, 0.05) is 30.0 Å². The Hall–Kier alpha value is -2.23. The van der Waals surface area contributed by atoms with Crippen LogP contribution in [0.25, 0.3) is 0 Å². The Morgan fingerprint density at radius 3 is 2.64 bits per heavy atom. The number of carbonyl (C=O) groups excluding carboxylic acids is 2. The van der Waals surface area contributed by atoms with E-state index in [0.717, 1.165) is 17.7 Å². The third-order valence-corrected chi connectivity index (χ3v) is 6.27. The number of rotatable bonds is 11. The van der Waals surface area contributed by atoms with Crippen molar-refractivity contribution >= 4 is 33.2 Å². The highest BCUT2D eigenvalue weighted by Gasteiger charge is 2.16. The van der Waals surface area contributed by atoms with Crippen molar-refractivity contribution in [3.63, 3.8) is 0 Å². The minimum Gasteiger partial charge on any atom is -0.469 e. The number of methoxy groups -OCH3 is 1. The van der Waals surface area contributed by atoms with E-state index in [1.165, 1.54) is 30.6 Å². The van der Waals surface area contributed by atoms with Crippen LogP contribution in [-0.4, -0.2) is 33.9 Å². The van der Waals surface area contributed by atoms with Gasteiger partial charge in [0.1, 0.15) is 0 Å². The molecule has 1 aromatic carbocycles. The molecule has 1 heterocycles. The number of benzene rings is 1. The first-order chi connectivity index (χ1) is 13.4. The molecule has 2 rings (SSSR count). The first-order valence-corrected chi connectivity index (χ1v) is 11.3. The lowest BCUT2D eigenvalue weighted by Crippen LogP contribution is -2.26. The Morgan fingerprint density at radius 2 is 1.93 bits per heavy atom. The fourth-order valence-corrected chi connectivity index (χ4v) is 4.23. The predicted octanol–water partition coefficient (Wildman–Crippen LogP) is 2.69. The second kappa shape index (κ2) is 10.9. The van der Waals surface area contributed by atoms with Gasteiger partial charge in [0.2, 0.25) is 10.0 Å². The van der Waals surface area contributed by atoms with Gasteiger partial charge in [-0.3, -0.25) is 9.59 Å². The van der Waals surface area contributed by atoms with Crippen LogP contribution in [0.5, 0.6) is 0 Å². The lowest BCUT2D eigenvalue weighted by molar-refractivity contribution is -0.140. The summed E-state index contributed by atoms with van der Waals surface area (Å²) in [6.07, 6.45) is 2.58. The SMILES string of the molecule is COC(=O)CCCCCNC(=O)c1cccc(S(=O)(=O)NCc2cccs2)c1. The number of carbonyl (C=O) groups is 2. The molecule has 152 valence electrons. The summed E-state index contributed by atoms with van der Waals surface area (Å²) < 4.78 is 32.0. The van der Waals surface area contributed by atoms with Crippen LogP contribution < -0.4 is 10.0 Å². The highest BCUT2D eigenvalue weighted by Crippen LogP contribution is 2.14. The van der Waals surface area contributed by atoms with E-state index >= 15 is 0 Å². The molecule has 1 amide bonds. The van der Waals surface area contributed by atoms with E-state index in [1.54, 1.807) is 12.1 Å². The van der Waals surface area contributed by atoms with E-state index < -0.39 is 10.0 Å². The molecule has 0 fully saturated rings. The monoisotopic (exact) mass is 424 g/mol. The molecule has 2 N–H and O–H groups in total. The minimum absolute atomic E-state index is 0.0507. The van der Waals surface area contributed by atoms with Gasteiger partial charge in [-0.1, -0.05) is 18.6 Å². The van der Waals surface area contributed by atoms with E-state index in [1.807, 2.05) is 17.5 Å². The molecule has 0 saturated carbocycles. The molecule has 0 saturated heterocycles. The van der Waals surface area contributed by atoms with Crippen LogP contribution >= 0.6 is 11.3 Å². The first-order valence-electron chi connectivity index (χ1n) is 8.89. The Balaban J connectivity index is 1.84. The number of hydrogen-bond acceptors (Lipinski definition) is 6. The zero-order valence-corrected chi connectivity index (χ0v) is 17.3. The molecule has 0 aliphatic carbocycles. The number of esters is 1. The van der Waals surface area contributed by atoms with E-state index in [2.05, 4.69) is 14.8 Å². The van der Waals surface area contributed by atoms with Gasteiger partial charge < -0.3 is 10.1 Å². The van der Waals surface area contributed by atoms with Crippen molar-refractivity contribution in [1.29, 1.82) is 0 Å². The molecule has 28 heavy (non-hydrogen) atoms. The van der Waals surface area contributed by atoms with Gasteiger partial charge >= 0.3 is 5.97 Å². The number of thiophene rings is 1. The molecular formula is C19H24N2O5S2. The Bertz CT molecular complexity index is 879. The van der Waals surface area contributed by atoms with E-state index in [9.17, 15) is 18.0 Å². The highest BCUT2D eigenvalue weighted by atomic mass is 32.2. The predicted molar refractivity (Wildman–Crippen MR) is 108 cm³/mol. The van der Waals surface area contributed by atoms with Crippen LogP contribution in [0.3, 0.4) is 0 Å². The molecule has 9 heteroatoms. The lowest BCUT2D eigenvalue weighted by atomic mass is 10.2. The van der Waals surface area contributed by atoms with Crippen molar-refractivity contribution in [3.05, 3.63) is 52.2 Å². The summed E-state index contributed by atoms with van der Waals surface area (Å²) in [5, 5.41) is 4.64. The average Bonchev–Trinajstić information content (AvgIpc) is 3.22. The number of ether oxygens (including phenoxy) is 1. The molecule has 0 aliphatic rings. The number of nitrogens with one attached hydrogen (secondary N) is 2. The van der Waals surface area contributed by atoms with Crippen molar-refractivity contribution in [2.24, 2.45) is 0 Å². The molecular weight excluding hydrogens is 400 g/mol. The van der Waals surface area contributed by atoms with Crippen molar-refractivity contribution in [3.8, 4) is 0 Å². The van der Waals surface area contributed by atoms with E-state index in [4.69, 9.17) is 0 Å². The summed E-state index contributed by atoms with van der Waals surface area (Å²) in [5.74, 6) is -0.571. The fraction of sp³-hybridized carbons (Fsp3) is 0.368. The van der Waals surface area contributed by atoms with Gasteiger partial charge in [0.05, 0.1) is 12.0 Å². The summed E-state index contributed by atoms with van der Waals surface area (Å²) in [4.78, 5) is 24.2. The molecule has 0 bridgehead atoms. The highest BCUT2D eigenvalue weighted by molar-refractivity contribution is 7.89. The summed E-state index contributed by atoms with van der Waals surface area (Å²) >= 11 is 1.47. The molecule has 0 unspecified atom stereocenters. The zero-order chi connectivity index (χ0) is 20.4. The smallest absolute Gasteiger partial charge is 0.305 e. The van der Waals surface area contributed by atoms with Gasteiger partial charge in [-0.25, -0.2) is 13.1 Å². The number of amides is 1. The van der Waals surface area contributed by atoms with Crippen LogP contribution in [0.4, 0.5) is 0 Å². The summed E-state index contributed by atoms with van der Waals surface area (Å²) in [5.41, 5.74) is 0.286. The van der Waals surface area contributed by atoms with Gasteiger partial charge in [0.15, 0.2) is 0 Å². The van der Waals surface area contributed by atoms with Gasteiger partial charge in [-0.2, -0.15) is 0 Å². The molecule has 0 spiro atoms. The molecule has 0 atom stereocenters. The minimum atomic E-state index is -3.70. The normalized spacial score (nSPS) is 11.2. The van der Waals surface area contributed by atoms with Crippen LogP contribution in [-0.2, 0) is 26.1 Å². The summed E-state index contributed by atoms with van der Waals surface area (Å²) in [6, 6.07) is 9.65. The topological polar surface area (TPSA) is 102 Å². The first kappa shape index (κ1) is 22.1. The van der Waals surface area contributed by atoms with Crippen LogP contribution in [0.1, 0.15) is 40.9 Å². The third-order valence-electron chi connectivity index (χ3n) is 3.99. The number of sulfonamides is 1. The quantitative estimate of drug-likeness (QED) is 0.427. The maximum atomic E-state index is 12.4. The molecule has 2 aromatic rings. The number of hydrogen-bond donors (Lipinski definition) is 2. The molecule has 0 radical (unpaired) electrons. The average molecular weight is 425 g/mol. The summed E-state index contributed by atoms with van der Waals surface area (Å²) in [7, 11) is -2.35. The van der Waals surface area contributed by atoms with E-state index in [-0.39, 0.29) is 28.9 Å².